The van der Waals surface area contributed by atoms with E-state index in [1.807, 2.05) is 37.3 Å². The second kappa shape index (κ2) is 7.84. The maximum absolute atomic E-state index is 11.9. The first-order chi connectivity index (χ1) is 8.69. The molecular weight excluding hydrogens is 230 g/mol. The molecule has 0 saturated heterocycles. The third-order valence-corrected chi connectivity index (χ3v) is 2.71. The Labute approximate surface area is 108 Å². The Hall–Kier alpha value is -1.39. The molecule has 1 aromatic rings. The summed E-state index contributed by atoms with van der Waals surface area (Å²) >= 11 is 0. The van der Waals surface area contributed by atoms with Crippen molar-refractivity contribution in [2.24, 2.45) is 0 Å². The highest BCUT2D eigenvalue weighted by molar-refractivity contribution is 5.82. The minimum absolute atomic E-state index is 0.223. The largest absolute Gasteiger partial charge is 0.391 e. The van der Waals surface area contributed by atoms with Gasteiger partial charge >= 0.3 is 0 Å². The Kier molecular flexibility index (Phi) is 6.39. The third kappa shape index (κ3) is 4.47. The van der Waals surface area contributed by atoms with Gasteiger partial charge in [0, 0.05) is 13.7 Å². The van der Waals surface area contributed by atoms with Crippen LogP contribution in [0.25, 0.3) is 0 Å². The summed E-state index contributed by atoms with van der Waals surface area (Å²) in [6.45, 7) is 2.26. The van der Waals surface area contributed by atoms with Gasteiger partial charge in [-0.15, -0.1) is 0 Å². The van der Waals surface area contributed by atoms with Crippen LogP contribution in [0.2, 0.25) is 0 Å². The molecular formula is C14H21NO3. The fraction of sp³-hybridized carbons (Fsp3) is 0.500. The van der Waals surface area contributed by atoms with Gasteiger partial charge in [-0.2, -0.15) is 0 Å². The van der Waals surface area contributed by atoms with Gasteiger partial charge in [-0.1, -0.05) is 43.7 Å². The van der Waals surface area contributed by atoms with Crippen LogP contribution in [-0.2, 0) is 9.53 Å². The molecule has 4 heteroatoms. The van der Waals surface area contributed by atoms with Crippen LogP contribution < -0.4 is 5.32 Å². The van der Waals surface area contributed by atoms with Gasteiger partial charge in [0.25, 0.3) is 5.91 Å². The number of carbonyl (C=O) groups excluding carboxylic acids is 1. The number of nitrogens with one attached hydrogen (secondary N) is 1. The lowest BCUT2D eigenvalue weighted by molar-refractivity contribution is -0.131. The monoisotopic (exact) mass is 251 g/mol. The standard InChI is InChI=1S/C14H21NO3/c1-3-7-12(16)10-15-14(17)13(18-2)11-8-5-4-6-9-11/h4-6,8-9,12-13,16H,3,7,10H2,1-2H3,(H,15,17)/t12?,13-/m1/s1. The van der Waals surface area contributed by atoms with E-state index in [1.54, 1.807) is 0 Å². The lowest BCUT2D eigenvalue weighted by atomic mass is 10.1. The Bertz CT molecular complexity index is 353. The molecule has 1 amide bonds. The summed E-state index contributed by atoms with van der Waals surface area (Å²) in [5, 5.41) is 12.3. The smallest absolute Gasteiger partial charge is 0.253 e. The van der Waals surface area contributed by atoms with E-state index in [-0.39, 0.29) is 12.5 Å². The van der Waals surface area contributed by atoms with Crippen LogP contribution in [0.5, 0.6) is 0 Å². The number of rotatable bonds is 7. The van der Waals surface area contributed by atoms with Crippen LogP contribution in [0.15, 0.2) is 30.3 Å². The fourth-order valence-corrected chi connectivity index (χ4v) is 1.77. The predicted molar refractivity (Wildman–Crippen MR) is 70.1 cm³/mol. The predicted octanol–water partition coefficient (Wildman–Crippen LogP) is 1.65. The van der Waals surface area contributed by atoms with Gasteiger partial charge in [-0.25, -0.2) is 0 Å². The minimum atomic E-state index is -0.625. The zero-order chi connectivity index (χ0) is 13.4. The highest BCUT2D eigenvalue weighted by Gasteiger charge is 2.19. The number of methoxy groups -OCH3 is 1. The molecule has 0 heterocycles. The Morgan fingerprint density at radius 1 is 1.39 bits per heavy atom. The maximum atomic E-state index is 11.9. The molecule has 0 bridgehead atoms. The highest BCUT2D eigenvalue weighted by atomic mass is 16.5. The number of hydrogen-bond donors (Lipinski definition) is 2. The normalized spacial score (nSPS) is 13.9. The lowest BCUT2D eigenvalue weighted by Gasteiger charge is -2.17. The third-order valence-electron chi connectivity index (χ3n) is 2.71. The Balaban J connectivity index is 2.53. The molecule has 0 aliphatic rings. The molecule has 4 nitrogen and oxygen atoms in total. The van der Waals surface area contributed by atoms with E-state index >= 15 is 0 Å². The number of benzene rings is 1. The number of ether oxygens (including phenoxy) is 1. The first kappa shape index (κ1) is 14.7. The number of aliphatic hydroxyl groups is 1. The number of carbonyl (C=O) groups is 1. The number of amides is 1. The second-order valence-corrected chi connectivity index (χ2v) is 4.21. The molecule has 2 atom stereocenters. The molecule has 1 rings (SSSR count). The quantitative estimate of drug-likeness (QED) is 0.774. The van der Waals surface area contributed by atoms with Gasteiger partial charge in [0.05, 0.1) is 6.10 Å². The summed E-state index contributed by atoms with van der Waals surface area (Å²) in [5.74, 6) is -0.223. The first-order valence-corrected chi connectivity index (χ1v) is 6.22. The fourth-order valence-electron chi connectivity index (χ4n) is 1.77. The van der Waals surface area contributed by atoms with Crippen molar-refractivity contribution in [1.82, 2.24) is 5.32 Å². The molecule has 0 aromatic heterocycles. The average Bonchev–Trinajstić information content (AvgIpc) is 2.39. The van der Waals surface area contributed by atoms with E-state index in [0.717, 1.165) is 12.0 Å². The number of hydrogen-bond acceptors (Lipinski definition) is 3. The van der Waals surface area contributed by atoms with Crippen LogP contribution in [-0.4, -0.2) is 30.8 Å². The van der Waals surface area contributed by atoms with Gasteiger partial charge in [0.2, 0.25) is 0 Å². The Morgan fingerprint density at radius 3 is 2.61 bits per heavy atom. The van der Waals surface area contributed by atoms with Gasteiger partial charge in [0.1, 0.15) is 0 Å². The van der Waals surface area contributed by atoms with Crippen LogP contribution in [0.1, 0.15) is 31.4 Å². The molecule has 2 N–H and O–H groups in total. The van der Waals surface area contributed by atoms with Crippen molar-refractivity contribution in [2.45, 2.75) is 32.0 Å². The topological polar surface area (TPSA) is 58.6 Å². The summed E-state index contributed by atoms with van der Waals surface area (Å²) in [6.07, 6.45) is 0.458. The van der Waals surface area contributed by atoms with Crippen molar-refractivity contribution < 1.29 is 14.6 Å². The number of aliphatic hydroxyl groups excluding tert-OH is 1. The Morgan fingerprint density at radius 2 is 2.06 bits per heavy atom. The molecule has 0 spiro atoms. The molecule has 18 heavy (non-hydrogen) atoms. The van der Waals surface area contributed by atoms with Crippen molar-refractivity contribution in [3.63, 3.8) is 0 Å². The summed E-state index contributed by atoms with van der Waals surface area (Å²) in [7, 11) is 1.50. The van der Waals surface area contributed by atoms with Gasteiger partial charge in [-0.05, 0) is 12.0 Å². The zero-order valence-corrected chi connectivity index (χ0v) is 10.9. The summed E-state index contributed by atoms with van der Waals surface area (Å²) in [4.78, 5) is 11.9. The average molecular weight is 251 g/mol. The lowest BCUT2D eigenvalue weighted by Crippen LogP contribution is -2.36. The van der Waals surface area contributed by atoms with Crippen molar-refractivity contribution in [2.75, 3.05) is 13.7 Å². The van der Waals surface area contributed by atoms with E-state index in [4.69, 9.17) is 4.74 Å². The van der Waals surface area contributed by atoms with E-state index < -0.39 is 12.2 Å². The summed E-state index contributed by atoms with van der Waals surface area (Å²) in [6, 6.07) is 9.30. The van der Waals surface area contributed by atoms with Gasteiger partial charge in [0.15, 0.2) is 6.10 Å². The molecule has 1 aromatic carbocycles. The van der Waals surface area contributed by atoms with Crippen LogP contribution in [0, 0.1) is 0 Å². The van der Waals surface area contributed by atoms with Crippen molar-refractivity contribution in [3.05, 3.63) is 35.9 Å². The van der Waals surface area contributed by atoms with E-state index in [2.05, 4.69) is 5.32 Å². The second-order valence-electron chi connectivity index (χ2n) is 4.21. The highest BCUT2D eigenvalue weighted by Crippen LogP contribution is 2.16. The molecule has 0 aliphatic heterocycles. The molecule has 100 valence electrons. The maximum Gasteiger partial charge on any atom is 0.253 e. The van der Waals surface area contributed by atoms with E-state index in [1.165, 1.54) is 7.11 Å². The molecule has 1 unspecified atom stereocenters. The molecule has 0 radical (unpaired) electrons. The van der Waals surface area contributed by atoms with Crippen LogP contribution >= 0.6 is 0 Å². The zero-order valence-electron chi connectivity index (χ0n) is 10.9. The summed E-state index contributed by atoms with van der Waals surface area (Å²) < 4.78 is 5.20. The molecule has 0 aliphatic carbocycles. The molecule has 0 saturated carbocycles. The van der Waals surface area contributed by atoms with Crippen LogP contribution in [0.3, 0.4) is 0 Å². The first-order valence-electron chi connectivity index (χ1n) is 6.22. The van der Waals surface area contributed by atoms with Crippen molar-refractivity contribution in [1.29, 1.82) is 0 Å². The molecule has 0 fully saturated rings. The van der Waals surface area contributed by atoms with Gasteiger partial charge < -0.3 is 15.2 Å². The minimum Gasteiger partial charge on any atom is -0.391 e. The van der Waals surface area contributed by atoms with Crippen molar-refractivity contribution in [3.8, 4) is 0 Å². The SMILES string of the molecule is CCCC(O)CNC(=O)[C@H](OC)c1ccccc1. The van der Waals surface area contributed by atoms with Crippen LogP contribution in [0.4, 0.5) is 0 Å². The van der Waals surface area contributed by atoms with Crippen molar-refractivity contribution >= 4 is 5.91 Å². The summed E-state index contributed by atoms with van der Waals surface area (Å²) in [5.41, 5.74) is 0.808. The van der Waals surface area contributed by atoms with E-state index in [0.29, 0.717) is 6.42 Å². The van der Waals surface area contributed by atoms with Gasteiger partial charge in [-0.3, -0.25) is 4.79 Å². The van der Waals surface area contributed by atoms with E-state index in [9.17, 15) is 9.90 Å².